The van der Waals surface area contributed by atoms with E-state index in [0.717, 1.165) is 11.3 Å². The fourth-order valence-corrected chi connectivity index (χ4v) is 3.17. The molecular formula is C17H18N6O6S. The Balaban J connectivity index is 1.42. The van der Waals surface area contributed by atoms with Crippen molar-refractivity contribution >= 4 is 33.8 Å². The van der Waals surface area contributed by atoms with Crippen LogP contribution in [0.4, 0.5) is 5.95 Å². The van der Waals surface area contributed by atoms with E-state index in [9.17, 15) is 13.2 Å². The minimum atomic E-state index is -4.14. The van der Waals surface area contributed by atoms with Crippen LogP contribution in [0, 0.1) is 0 Å². The Morgan fingerprint density at radius 3 is 2.93 bits per heavy atom. The number of amides is 1. The summed E-state index contributed by atoms with van der Waals surface area (Å²) in [6.07, 6.45) is 2.20. The normalized spacial score (nSPS) is 17.0. The number of likely N-dealkylation sites (N-methyl/N-ethyl adjacent to an activating group) is 1. The van der Waals surface area contributed by atoms with Crippen LogP contribution in [-0.4, -0.2) is 71.7 Å². The predicted octanol–water partition coefficient (Wildman–Crippen LogP) is 0.255. The van der Waals surface area contributed by atoms with E-state index in [0.29, 0.717) is 23.9 Å². The van der Waals surface area contributed by atoms with E-state index in [2.05, 4.69) is 25.3 Å². The van der Waals surface area contributed by atoms with Crippen LogP contribution < -0.4 is 14.8 Å². The number of anilines is 1. The van der Waals surface area contributed by atoms with E-state index in [4.69, 9.17) is 14.0 Å². The highest BCUT2D eigenvalue weighted by atomic mass is 32.2. The van der Waals surface area contributed by atoms with Crippen LogP contribution in [-0.2, 0) is 21.3 Å². The van der Waals surface area contributed by atoms with Gasteiger partial charge in [0.25, 0.3) is 16.0 Å². The van der Waals surface area contributed by atoms with Crippen LogP contribution in [0.3, 0.4) is 0 Å². The third-order valence-corrected chi connectivity index (χ3v) is 5.02. The van der Waals surface area contributed by atoms with Gasteiger partial charge in [-0.05, 0) is 17.7 Å². The molecule has 0 spiro atoms. The number of hydrogen-bond donors (Lipinski definition) is 3. The zero-order valence-corrected chi connectivity index (χ0v) is 16.6. The first-order valence-corrected chi connectivity index (χ1v) is 10.5. The van der Waals surface area contributed by atoms with Gasteiger partial charge < -0.3 is 19.8 Å². The number of fused-ring (bicyclic) bond motifs is 1. The molecule has 2 aliphatic rings. The van der Waals surface area contributed by atoms with Gasteiger partial charge in [-0.3, -0.25) is 14.2 Å². The summed E-state index contributed by atoms with van der Waals surface area (Å²) in [5.74, 6) is 0.755. The maximum atomic E-state index is 12.3. The smallest absolute Gasteiger partial charge is 0.296 e. The lowest BCUT2D eigenvalue weighted by Crippen LogP contribution is -2.32. The van der Waals surface area contributed by atoms with Gasteiger partial charge in [0, 0.05) is 19.2 Å². The van der Waals surface area contributed by atoms with E-state index in [1.54, 1.807) is 6.20 Å². The number of hydrogen-bond acceptors (Lipinski definition) is 8. The van der Waals surface area contributed by atoms with Crippen molar-refractivity contribution in [2.24, 2.45) is 9.98 Å². The molecular weight excluding hydrogens is 416 g/mol. The molecule has 1 aromatic heterocycles. The van der Waals surface area contributed by atoms with Crippen molar-refractivity contribution in [1.29, 1.82) is 0 Å². The molecule has 1 amide bonds. The Labute approximate surface area is 171 Å². The predicted molar refractivity (Wildman–Crippen MR) is 107 cm³/mol. The molecule has 2 aliphatic heterocycles. The zero-order valence-electron chi connectivity index (χ0n) is 15.8. The van der Waals surface area contributed by atoms with Crippen molar-refractivity contribution in [2.45, 2.75) is 6.42 Å². The molecule has 0 unspecified atom stereocenters. The summed E-state index contributed by atoms with van der Waals surface area (Å²) in [5.41, 5.74) is 1.80. The molecule has 2 aromatic rings. The topological polar surface area (TPSA) is 159 Å². The number of H-pyrrole nitrogens is 1. The second kappa shape index (κ2) is 7.76. The quantitative estimate of drug-likeness (QED) is 0.546. The van der Waals surface area contributed by atoms with Gasteiger partial charge in [-0.15, -0.1) is 0 Å². The Hall–Kier alpha value is -3.45. The van der Waals surface area contributed by atoms with Crippen LogP contribution in [0.15, 0.2) is 34.4 Å². The fourth-order valence-electron chi connectivity index (χ4n) is 2.85. The number of rotatable bonds is 6. The maximum absolute atomic E-state index is 12.3. The molecule has 3 N–H and O–H groups in total. The SMILES string of the molecule is CN1C(=O)C(Nc2ncc(Cc3ccc4c(c3)OCO4)[nH]2)=NC1=NCCS(=O)(=O)O. The monoisotopic (exact) mass is 434 g/mol. The summed E-state index contributed by atoms with van der Waals surface area (Å²) >= 11 is 0. The first-order valence-electron chi connectivity index (χ1n) is 8.84. The van der Waals surface area contributed by atoms with Gasteiger partial charge in [-0.2, -0.15) is 13.4 Å². The van der Waals surface area contributed by atoms with E-state index < -0.39 is 21.8 Å². The molecule has 0 aliphatic carbocycles. The molecule has 0 radical (unpaired) electrons. The second-order valence-electron chi connectivity index (χ2n) is 6.54. The van der Waals surface area contributed by atoms with Gasteiger partial charge in [0.1, 0.15) is 0 Å². The Morgan fingerprint density at radius 1 is 1.33 bits per heavy atom. The van der Waals surface area contributed by atoms with Crippen molar-refractivity contribution in [2.75, 3.05) is 31.5 Å². The highest BCUT2D eigenvalue weighted by Gasteiger charge is 2.29. The Bertz CT molecular complexity index is 1160. The number of carbonyl (C=O) groups excluding carboxylic acids is 1. The fraction of sp³-hybridized carbons (Fsp3) is 0.294. The maximum Gasteiger partial charge on any atom is 0.296 e. The van der Waals surface area contributed by atoms with Crippen LogP contribution in [0.5, 0.6) is 11.5 Å². The standard InChI is InChI=1S/C17H18N6O6S/c1-23-15(24)14(22-17(23)18-4-5-30(25,26)27)21-16-19-8-11(20-16)6-10-2-3-12-13(7-10)29-9-28-12/h2-3,7-8H,4-6,9H2,1H3,(H,25,26,27)(H2,18,19,20,21,22). The third kappa shape index (κ3) is 4.41. The van der Waals surface area contributed by atoms with Gasteiger partial charge in [0.2, 0.25) is 24.5 Å². The second-order valence-corrected chi connectivity index (χ2v) is 8.11. The van der Waals surface area contributed by atoms with E-state index in [1.807, 2.05) is 18.2 Å². The number of guanidine groups is 1. The lowest BCUT2D eigenvalue weighted by Gasteiger charge is -2.07. The Kier molecular flexibility index (Phi) is 5.13. The molecule has 0 fully saturated rings. The van der Waals surface area contributed by atoms with E-state index >= 15 is 0 Å². The minimum Gasteiger partial charge on any atom is -0.454 e. The van der Waals surface area contributed by atoms with Gasteiger partial charge >= 0.3 is 0 Å². The van der Waals surface area contributed by atoms with Crippen molar-refractivity contribution in [1.82, 2.24) is 14.9 Å². The summed E-state index contributed by atoms with van der Waals surface area (Å²) in [6.45, 7) is -0.00833. The van der Waals surface area contributed by atoms with Crippen molar-refractivity contribution in [3.05, 3.63) is 35.7 Å². The number of amidine groups is 1. The molecule has 30 heavy (non-hydrogen) atoms. The summed E-state index contributed by atoms with van der Waals surface area (Å²) in [5, 5.41) is 2.80. The largest absolute Gasteiger partial charge is 0.454 e. The van der Waals surface area contributed by atoms with Crippen LogP contribution in [0.1, 0.15) is 11.3 Å². The van der Waals surface area contributed by atoms with Crippen molar-refractivity contribution in [3.63, 3.8) is 0 Å². The lowest BCUT2D eigenvalue weighted by atomic mass is 10.1. The van der Waals surface area contributed by atoms with E-state index in [-0.39, 0.29) is 25.1 Å². The van der Waals surface area contributed by atoms with Crippen LogP contribution in [0.25, 0.3) is 0 Å². The van der Waals surface area contributed by atoms with E-state index in [1.165, 1.54) is 11.9 Å². The molecule has 12 nitrogen and oxygen atoms in total. The molecule has 13 heteroatoms. The van der Waals surface area contributed by atoms with Gasteiger partial charge in [0.15, 0.2) is 11.5 Å². The van der Waals surface area contributed by atoms with Crippen LogP contribution >= 0.6 is 0 Å². The number of nitrogens with one attached hydrogen (secondary N) is 2. The summed E-state index contributed by atoms with van der Waals surface area (Å²) in [6, 6.07) is 5.67. The van der Waals surface area contributed by atoms with Crippen LogP contribution in [0.2, 0.25) is 0 Å². The van der Waals surface area contributed by atoms with Gasteiger partial charge in [-0.1, -0.05) is 6.07 Å². The highest BCUT2D eigenvalue weighted by molar-refractivity contribution is 7.85. The minimum absolute atomic E-state index is 0.00733. The number of ether oxygens (including phenoxy) is 2. The number of benzene rings is 1. The molecule has 158 valence electrons. The number of aliphatic imine (C=N–C) groups is 2. The molecule has 0 saturated carbocycles. The first kappa shape index (κ1) is 19.8. The summed E-state index contributed by atoms with van der Waals surface area (Å²) < 4.78 is 41.0. The average Bonchev–Trinajstić information content (AvgIpc) is 3.38. The number of aromatic nitrogens is 2. The molecule has 0 bridgehead atoms. The van der Waals surface area contributed by atoms with Gasteiger partial charge in [-0.25, -0.2) is 9.98 Å². The molecule has 0 saturated heterocycles. The van der Waals surface area contributed by atoms with Crippen molar-refractivity contribution in [3.8, 4) is 11.5 Å². The Morgan fingerprint density at radius 2 is 2.13 bits per heavy atom. The summed E-state index contributed by atoms with van der Waals surface area (Å²) in [4.78, 5) is 28.7. The molecule has 3 heterocycles. The molecule has 4 rings (SSSR count). The number of aromatic amines is 1. The first-order chi connectivity index (χ1) is 14.3. The number of carbonyl (C=O) groups is 1. The molecule has 0 atom stereocenters. The number of imidazole rings is 1. The lowest BCUT2D eigenvalue weighted by molar-refractivity contribution is -0.119. The average molecular weight is 434 g/mol. The summed E-state index contributed by atoms with van der Waals surface area (Å²) in [7, 11) is -2.68. The van der Waals surface area contributed by atoms with Crippen molar-refractivity contribution < 1.29 is 27.2 Å². The highest BCUT2D eigenvalue weighted by Crippen LogP contribution is 2.33. The third-order valence-electron chi connectivity index (χ3n) is 4.32. The molecule has 1 aromatic carbocycles. The zero-order chi connectivity index (χ0) is 21.3. The van der Waals surface area contributed by atoms with Gasteiger partial charge in [0.05, 0.1) is 18.5 Å². The number of nitrogens with zero attached hydrogens (tertiary/aromatic N) is 4.